The lowest BCUT2D eigenvalue weighted by molar-refractivity contribution is 0.102. The highest BCUT2D eigenvalue weighted by atomic mass is 16.5. The smallest absolute Gasteiger partial charge is 0.261 e. The first-order valence-electron chi connectivity index (χ1n) is 8.39. The number of hydrogen-bond acceptors (Lipinski definition) is 7. The minimum Gasteiger partial charge on any atom is -0.479 e. The molecule has 1 N–H and O–H groups in total. The molecule has 0 bridgehead atoms. The second kappa shape index (κ2) is 7.31. The molecule has 0 saturated heterocycles. The lowest BCUT2D eigenvalue weighted by Crippen LogP contribution is -2.15. The number of ether oxygens (including phenoxy) is 1. The summed E-state index contributed by atoms with van der Waals surface area (Å²) < 4.78 is 12.3. The minimum atomic E-state index is -0.394. The third kappa shape index (κ3) is 3.20. The van der Waals surface area contributed by atoms with E-state index in [1.807, 2.05) is 6.07 Å². The van der Waals surface area contributed by atoms with Crippen LogP contribution in [0.2, 0.25) is 0 Å². The van der Waals surface area contributed by atoms with Crippen LogP contribution < -0.4 is 10.1 Å². The molecule has 0 aliphatic carbocycles. The first-order valence-corrected chi connectivity index (χ1v) is 8.39. The van der Waals surface area contributed by atoms with E-state index in [1.54, 1.807) is 60.7 Å². The number of methoxy groups -OCH3 is 1. The van der Waals surface area contributed by atoms with Crippen LogP contribution in [0.15, 0.2) is 59.8 Å². The first-order chi connectivity index (χ1) is 13.7. The molecule has 0 saturated carbocycles. The van der Waals surface area contributed by atoms with Crippen LogP contribution in [0, 0.1) is 6.92 Å². The molecule has 0 atom stereocenters. The Morgan fingerprint density at radius 1 is 1.21 bits per heavy atom. The number of aryl methyl sites for hydroxylation is 1. The fourth-order valence-corrected chi connectivity index (χ4v) is 2.72. The average molecular weight is 376 g/mol. The molecule has 0 radical (unpaired) electrons. The number of hydrogen-bond donors (Lipinski definition) is 1. The summed E-state index contributed by atoms with van der Waals surface area (Å²) in [5.74, 6) is 0.880. The van der Waals surface area contributed by atoms with Crippen LogP contribution in [0.5, 0.6) is 5.88 Å². The molecule has 0 spiro atoms. The van der Waals surface area contributed by atoms with Crippen LogP contribution in [0.3, 0.4) is 0 Å². The molecule has 4 aromatic heterocycles. The Balaban J connectivity index is 1.65. The average Bonchev–Trinajstić information content (AvgIpc) is 3.39. The van der Waals surface area contributed by atoms with E-state index in [9.17, 15) is 4.79 Å². The zero-order chi connectivity index (χ0) is 19.5. The number of carbonyl (C=O) groups is 1. The second-order valence-electron chi connectivity index (χ2n) is 5.83. The predicted octanol–water partition coefficient (Wildman–Crippen LogP) is 2.89. The standard InChI is InChI=1S/C19H16N6O3/c1-12-16(17(24-28-12)13-5-3-4-8-21-13)18(26)22-14-6-7-15(23-19(14)27-2)25-10-9-20-11-25/h3-11H,1-2H3,(H,22,26). The minimum absolute atomic E-state index is 0.271. The van der Waals surface area contributed by atoms with Crippen LogP contribution in [0.4, 0.5) is 5.69 Å². The van der Waals surface area contributed by atoms with Gasteiger partial charge in [0.15, 0.2) is 0 Å². The van der Waals surface area contributed by atoms with E-state index in [-0.39, 0.29) is 5.88 Å². The van der Waals surface area contributed by atoms with Gasteiger partial charge in [0.25, 0.3) is 5.91 Å². The summed E-state index contributed by atoms with van der Waals surface area (Å²) >= 11 is 0. The van der Waals surface area contributed by atoms with Gasteiger partial charge in [-0.2, -0.15) is 4.98 Å². The number of nitrogens with zero attached hydrogens (tertiary/aromatic N) is 5. The summed E-state index contributed by atoms with van der Waals surface area (Å²) in [6, 6.07) is 8.82. The van der Waals surface area contributed by atoms with Gasteiger partial charge in [0.1, 0.15) is 34.9 Å². The summed E-state index contributed by atoms with van der Waals surface area (Å²) in [7, 11) is 1.49. The molecule has 9 heteroatoms. The normalized spacial score (nSPS) is 10.6. The molecule has 9 nitrogen and oxygen atoms in total. The molecule has 4 rings (SSSR count). The number of pyridine rings is 2. The highest BCUT2D eigenvalue weighted by Gasteiger charge is 2.23. The van der Waals surface area contributed by atoms with E-state index in [4.69, 9.17) is 9.26 Å². The Morgan fingerprint density at radius 3 is 2.82 bits per heavy atom. The van der Waals surface area contributed by atoms with Crippen molar-refractivity contribution in [1.29, 1.82) is 0 Å². The van der Waals surface area contributed by atoms with Gasteiger partial charge in [-0.05, 0) is 31.2 Å². The molecule has 4 heterocycles. The van der Waals surface area contributed by atoms with Crippen LogP contribution >= 0.6 is 0 Å². The van der Waals surface area contributed by atoms with Gasteiger partial charge in [0.2, 0.25) is 5.88 Å². The summed E-state index contributed by atoms with van der Waals surface area (Å²) in [5, 5.41) is 6.79. The quantitative estimate of drug-likeness (QED) is 0.570. The van der Waals surface area contributed by atoms with Crippen molar-refractivity contribution in [3.05, 3.63) is 66.6 Å². The number of nitrogens with one attached hydrogen (secondary N) is 1. The van der Waals surface area contributed by atoms with Crippen LogP contribution in [-0.2, 0) is 0 Å². The van der Waals surface area contributed by atoms with Crippen molar-refractivity contribution >= 4 is 11.6 Å². The zero-order valence-corrected chi connectivity index (χ0v) is 15.2. The molecule has 140 valence electrons. The lowest BCUT2D eigenvalue weighted by Gasteiger charge is -2.11. The van der Waals surface area contributed by atoms with Gasteiger partial charge in [-0.3, -0.25) is 14.3 Å². The third-order valence-electron chi connectivity index (χ3n) is 4.05. The Labute approximate surface area is 160 Å². The Hall–Kier alpha value is -4.01. The van der Waals surface area contributed by atoms with E-state index < -0.39 is 5.91 Å². The fraction of sp³-hybridized carbons (Fsp3) is 0.105. The summed E-state index contributed by atoms with van der Waals surface area (Å²) in [6.07, 6.45) is 6.67. The van der Waals surface area contributed by atoms with Gasteiger partial charge in [-0.25, -0.2) is 4.98 Å². The molecule has 0 fully saturated rings. The number of rotatable bonds is 5. The second-order valence-corrected chi connectivity index (χ2v) is 5.83. The highest BCUT2D eigenvalue weighted by molar-refractivity contribution is 6.09. The molecule has 0 aromatic carbocycles. The molecule has 1 amide bonds. The summed E-state index contributed by atoms with van der Waals surface area (Å²) in [4.78, 5) is 25.6. The molecule has 4 aromatic rings. The summed E-state index contributed by atoms with van der Waals surface area (Å²) in [5.41, 5.74) is 1.64. The lowest BCUT2D eigenvalue weighted by atomic mass is 10.1. The van der Waals surface area contributed by atoms with Crippen molar-refractivity contribution < 1.29 is 14.1 Å². The SMILES string of the molecule is COc1nc(-n2ccnc2)ccc1NC(=O)c1c(-c2ccccn2)noc1C. The number of aromatic nitrogens is 5. The Bertz CT molecular complexity index is 1110. The van der Waals surface area contributed by atoms with Gasteiger partial charge in [-0.15, -0.1) is 0 Å². The van der Waals surface area contributed by atoms with Gasteiger partial charge in [-0.1, -0.05) is 11.2 Å². The monoisotopic (exact) mass is 376 g/mol. The molecule has 0 aliphatic heterocycles. The fourth-order valence-electron chi connectivity index (χ4n) is 2.72. The Morgan fingerprint density at radius 2 is 2.11 bits per heavy atom. The third-order valence-corrected chi connectivity index (χ3v) is 4.05. The maximum atomic E-state index is 12.9. The van der Waals surface area contributed by atoms with Crippen molar-refractivity contribution in [2.45, 2.75) is 6.92 Å². The first kappa shape index (κ1) is 17.4. The molecule has 0 aliphatic rings. The maximum absolute atomic E-state index is 12.9. The van der Waals surface area contributed by atoms with Gasteiger partial charge < -0.3 is 14.6 Å². The van der Waals surface area contributed by atoms with E-state index in [2.05, 4.69) is 25.4 Å². The molecular formula is C19H16N6O3. The van der Waals surface area contributed by atoms with Crippen LogP contribution in [-0.4, -0.2) is 37.7 Å². The van der Waals surface area contributed by atoms with Gasteiger partial charge in [0, 0.05) is 18.6 Å². The highest BCUT2D eigenvalue weighted by Crippen LogP contribution is 2.27. The number of amides is 1. The van der Waals surface area contributed by atoms with E-state index in [0.29, 0.717) is 34.2 Å². The predicted molar refractivity (Wildman–Crippen MR) is 100 cm³/mol. The molecule has 0 unspecified atom stereocenters. The van der Waals surface area contributed by atoms with Crippen LogP contribution in [0.25, 0.3) is 17.2 Å². The van der Waals surface area contributed by atoms with E-state index in [0.717, 1.165) is 0 Å². The van der Waals surface area contributed by atoms with Crippen molar-refractivity contribution in [3.63, 3.8) is 0 Å². The maximum Gasteiger partial charge on any atom is 0.261 e. The number of carbonyl (C=O) groups excluding carboxylic acids is 1. The van der Waals surface area contributed by atoms with Gasteiger partial charge in [0.05, 0.1) is 12.8 Å². The number of anilines is 1. The van der Waals surface area contributed by atoms with Crippen molar-refractivity contribution in [2.24, 2.45) is 0 Å². The molecular weight excluding hydrogens is 360 g/mol. The topological polar surface area (TPSA) is 108 Å². The largest absolute Gasteiger partial charge is 0.479 e. The molecule has 28 heavy (non-hydrogen) atoms. The van der Waals surface area contributed by atoms with Crippen molar-refractivity contribution in [2.75, 3.05) is 12.4 Å². The summed E-state index contributed by atoms with van der Waals surface area (Å²) in [6.45, 7) is 1.67. The van der Waals surface area contributed by atoms with E-state index in [1.165, 1.54) is 7.11 Å². The van der Waals surface area contributed by atoms with Crippen molar-refractivity contribution in [3.8, 4) is 23.1 Å². The Kier molecular flexibility index (Phi) is 4.55. The van der Waals surface area contributed by atoms with E-state index >= 15 is 0 Å². The zero-order valence-electron chi connectivity index (χ0n) is 15.2. The van der Waals surface area contributed by atoms with Gasteiger partial charge >= 0.3 is 0 Å². The number of imidazole rings is 1. The van der Waals surface area contributed by atoms with Crippen molar-refractivity contribution in [1.82, 2.24) is 24.7 Å². The van der Waals surface area contributed by atoms with Crippen LogP contribution in [0.1, 0.15) is 16.1 Å².